The van der Waals surface area contributed by atoms with Crippen LogP contribution in [0.3, 0.4) is 0 Å². The van der Waals surface area contributed by atoms with Crippen LogP contribution in [-0.2, 0) is 31.4 Å². The van der Waals surface area contributed by atoms with Gasteiger partial charge in [0.05, 0.1) is 35.5 Å². The number of benzene rings is 2. The van der Waals surface area contributed by atoms with Gasteiger partial charge in [0, 0.05) is 23.9 Å². The largest absolute Gasteiger partial charge is 0.376 e. The summed E-state index contributed by atoms with van der Waals surface area (Å²) in [6.45, 7) is 0.925. The number of halogens is 1. The first-order chi connectivity index (χ1) is 15.2. The van der Waals surface area contributed by atoms with E-state index in [0.717, 1.165) is 5.56 Å². The Bertz CT molecular complexity index is 1220. The van der Waals surface area contributed by atoms with E-state index in [1.54, 1.807) is 17.5 Å². The van der Waals surface area contributed by atoms with Gasteiger partial charge in [0.1, 0.15) is 0 Å². The van der Waals surface area contributed by atoms with E-state index in [2.05, 4.69) is 4.13 Å². The summed E-state index contributed by atoms with van der Waals surface area (Å²) in [5.74, 6) is 0.344. The maximum atomic E-state index is 12.8. The molecular formula is C20H22ClN3O5S3. The van der Waals surface area contributed by atoms with E-state index < -0.39 is 30.7 Å². The molecule has 1 aliphatic heterocycles. The third-order valence-electron chi connectivity index (χ3n) is 4.57. The lowest BCUT2D eigenvalue weighted by Gasteiger charge is -2.26. The van der Waals surface area contributed by atoms with Gasteiger partial charge in [0.15, 0.2) is 0 Å². The van der Waals surface area contributed by atoms with Crippen LogP contribution in [0.4, 0.5) is 0 Å². The van der Waals surface area contributed by atoms with Gasteiger partial charge < -0.3 is 4.74 Å². The van der Waals surface area contributed by atoms with Crippen LogP contribution in [0.25, 0.3) is 0 Å². The number of sulfonamides is 2. The van der Waals surface area contributed by atoms with E-state index in [9.17, 15) is 16.8 Å². The molecule has 0 amide bonds. The molecule has 1 unspecified atom stereocenters. The fourth-order valence-electron chi connectivity index (χ4n) is 2.86. The first kappa shape index (κ1) is 24.9. The van der Waals surface area contributed by atoms with Gasteiger partial charge in [-0.3, -0.25) is 0 Å². The van der Waals surface area contributed by atoms with Gasteiger partial charge in [-0.15, -0.1) is 10.7 Å². The van der Waals surface area contributed by atoms with Crippen LogP contribution in [0, 0.1) is 11.3 Å². The molecular weight excluding hydrogens is 494 g/mol. The minimum absolute atomic E-state index is 0.107. The SMILES string of the molecule is N#CCCOCc1ccc(S(=O)(=O)NS2=CCN(S(=O)(=O)c3ccc(Cl)cc3)CC2)cc1. The van der Waals surface area contributed by atoms with Crippen molar-refractivity contribution in [1.29, 1.82) is 5.26 Å². The molecule has 1 aliphatic rings. The summed E-state index contributed by atoms with van der Waals surface area (Å²) in [6, 6.07) is 14.2. The van der Waals surface area contributed by atoms with Crippen molar-refractivity contribution in [2.45, 2.75) is 22.8 Å². The van der Waals surface area contributed by atoms with Crippen molar-refractivity contribution in [2.75, 3.05) is 25.4 Å². The Morgan fingerprint density at radius 2 is 1.72 bits per heavy atom. The molecule has 0 fully saturated rings. The molecule has 1 heterocycles. The average Bonchev–Trinajstić information content (AvgIpc) is 2.77. The lowest BCUT2D eigenvalue weighted by Crippen LogP contribution is -2.39. The molecule has 2 aromatic carbocycles. The summed E-state index contributed by atoms with van der Waals surface area (Å²) in [6.07, 6.45) is 0.299. The molecule has 0 saturated heterocycles. The molecule has 32 heavy (non-hydrogen) atoms. The molecule has 0 radical (unpaired) electrons. The Hall–Kier alpha value is -1.78. The molecule has 12 heteroatoms. The van der Waals surface area contributed by atoms with Crippen molar-refractivity contribution in [3.8, 4) is 6.07 Å². The predicted octanol–water partition coefficient (Wildman–Crippen LogP) is 2.74. The molecule has 0 saturated carbocycles. The topological polar surface area (TPSA) is 117 Å². The van der Waals surface area contributed by atoms with E-state index in [1.165, 1.54) is 40.7 Å². The molecule has 0 spiro atoms. The van der Waals surface area contributed by atoms with E-state index in [1.807, 2.05) is 6.07 Å². The monoisotopic (exact) mass is 515 g/mol. The highest BCUT2D eigenvalue weighted by atomic mass is 35.5. The summed E-state index contributed by atoms with van der Waals surface area (Å²) in [7, 11) is -8.21. The van der Waals surface area contributed by atoms with Crippen molar-refractivity contribution in [3.05, 3.63) is 59.1 Å². The summed E-state index contributed by atoms with van der Waals surface area (Å²) >= 11 is 5.83. The molecule has 0 aliphatic carbocycles. The highest BCUT2D eigenvalue weighted by molar-refractivity contribution is 8.20. The van der Waals surface area contributed by atoms with E-state index >= 15 is 0 Å². The van der Waals surface area contributed by atoms with E-state index in [0.29, 0.717) is 30.4 Å². The molecule has 3 rings (SSSR count). The van der Waals surface area contributed by atoms with Crippen LogP contribution in [0.15, 0.2) is 58.3 Å². The lowest BCUT2D eigenvalue weighted by atomic mass is 10.2. The maximum absolute atomic E-state index is 12.8. The number of nitriles is 1. The smallest absolute Gasteiger partial charge is 0.249 e. The van der Waals surface area contributed by atoms with Crippen molar-refractivity contribution >= 4 is 47.7 Å². The summed E-state index contributed by atoms with van der Waals surface area (Å²) in [5.41, 5.74) is 0.802. The first-order valence-corrected chi connectivity index (χ1v) is 14.3. The zero-order valence-corrected chi connectivity index (χ0v) is 20.2. The quantitative estimate of drug-likeness (QED) is 0.405. The average molecular weight is 516 g/mol. The molecule has 0 bridgehead atoms. The lowest BCUT2D eigenvalue weighted by molar-refractivity contribution is 0.126. The van der Waals surface area contributed by atoms with Crippen molar-refractivity contribution in [1.82, 2.24) is 8.43 Å². The normalized spacial score (nSPS) is 17.4. The Kier molecular flexibility index (Phi) is 8.46. The number of rotatable bonds is 9. The van der Waals surface area contributed by atoms with Crippen LogP contribution in [0.5, 0.6) is 0 Å². The van der Waals surface area contributed by atoms with E-state index in [4.69, 9.17) is 21.6 Å². The van der Waals surface area contributed by atoms with Crippen LogP contribution in [-0.4, -0.2) is 52.0 Å². The third kappa shape index (κ3) is 6.39. The van der Waals surface area contributed by atoms with Crippen molar-refractivity contribution < 1.29 is 21.6 Å². The van der Waals surface area contributed by atoms with Crippen LogP contribution in [0.2, 0.25) is 5.02 Å². The number of hydrogen-bond acceptors (Lipinski definition) is 6. The fourth-order valence-corrected chi connectivity index (χ4v) is 8.13. The Morgan fingerprint density at radius 3 is 2.31 bits per heavy atom. The van der Waals surface area contributed by atoms with Crippen molar-refractivity contribution in [3.63, 3.8) is 0 Å². The summed E-state index contributed by atoms with van der Waals surface area (Å²) < 4.78 is 60.2. The molecule has 2 aromatic rings. The van der Waals surface area contributed by atoms with Crippen LogP contribution in [0.1, 0.15) is 12.0 Å². The number of hydrogen-bond donors (Lipinski definition) is 1. The first-order valence-electron chi connectivity index (χ1n) is 9.57. The maximum Gasteiger partial charge on any atom is 0.249 e. The summed E-state index contributed by atoms with van der Waals surface area (Å²) in [5, 5.41) is 10.6. The van der Waals surface area contributed by atoms with Crippen molar-refractivity contribution in [2.24, 2.45) is 0 Å². The van der Waals surface area contributed by atoms with Crippen LogP contribution < -0.4 is 4.13 Å². The highest BCUT2D eigenvalue weighted by Crippen LogP contribution is 2.23. The van der Waals surface area contributed by atoms with Gasteiger partial charge in [0.2, 0.25) is 20.0 Å². The minimum atomic E-state index is -3.75. The fraction of sp³-hybridized carbons (Fsp3) is 0.300. The number of nitrogens with zero attached hydrogens (tertiary/aromatic N) is 2. The van der Waals surface area contributed by atoms with Gasteiger partial charge >= 0.3 is 0 Å². The zero-order chi connectivity index (χ0) is 23.2. The number of nitrogens with one attached hydrogen (secondary N) is 1. The zero-order valence-electron chi connectivity index (χ0n) is 17.0. The predicted molar refractivity (Wildman–Crippen MR) is 125 cm³/mol. The highest BCUT2D eigenvalue weighted by Gasteiger charge is 2.27. The Labute approximate surface area is 195 Å². The Morgan fingerprint density at radius 1 is 1.06 bits per heavy atom. The standard InChI is InChI=1S/C20H22ClN3O5S3/c21-18-4-8-20(9-5-18)32(27,28)24-11-14-30(15-12-24)23-31(25,26)19-6-2-17(3-7-19)16-29-13-1-10-22/h2-9,14,23H,1,11-13,15-16H2. The van der Waals surface area contributed by atoms with Gasteiger partial charge in [0.25, 0.3) is 0 Å². The molecule has 1 N–H and O–H groups in total. The van der Waals surface area contributed by atoms with Gasteiger partial charge in [-0.05, 0) is 47.3 Å². The van der Waals surface area contributed by atoms with Gasteiger partial charge in [-0.2, -0.15) is 13.7 Å². The minimum Gasteiger partial charge on any atom is -0.376 e. The van der Waals surface area contributed by atoms with Gasteiger partial charge in [-0.25, -0.2) is 16.8 Å². The third-order valence-corrected chi connectivity index (χ3v) is 10.5. The summed E-state index contributed by atoms with van der Waals surface area (Å²) in [4.78, 5) is 0.268. The second-order valence-electron chi connectivity index (χ2n) is 6.81. The second-order valence-corrected chi connectivity index (χ2v) is 12.9. The molecule has 1 atom stereocenters. The van der Waals surface area contributed by atoms with Gasteiger partial charge in [-0.1, -0.05) is 23.7 Å². The Balaban J connectivity index is 1.62. The van der Waals surface area contributed by atoms with E-state index in [-0.39, 0.29) is 22.9 Å². The van der Waals surface area contributed by atoms with Crippen LogP contribution >= 0.6 is 22.3 Å². The molecule has 8 nitrogen and oxygen atoms in total. The molecule has 172 valence electrons. The molecule has 0 aromatic heterocycles. The number of ether oxygens (including phenoxy) is 1. The second kappa shape index (κ2) is 10.9.